The molecular formula is C10H15NO2. The first kappa shape index (κ1) is 9.99. The van der Waals surface area contributed by atoms with Gasteiger partial charge in [-0.2, -0.15) is 0 Å². The van der Waals surface area contributed by atoms with Crippen molar-refractivity contribution in [3.8, 4) is 0 Å². The van der Waals surface area contributed by atoms with Crippen LogP contribution in [0.1, 0.15) is 37.0 Å². The molecule has 0 bridgehead atoms. The molecule has 3 heteroatoms. The zero-order chi connectivity index (χ0) is 9.90. The van der Waals surface area contributed by atoms with E-state index in [0.29, 0.717) is 18.4 Å². The lowest BCUT2D eigenvalue weighted by Crippen LogP contribution is -2.46. The summed E-state index contributed by atoms with van der Waals surface area (Å²) in [6.45, 7) is 3.84. The van der Waals surface area contributed by atoms with E-state index in [4.69, 9.17) is 10.2 Å². The molecule has 0 amide bonds. The van der Waals surface area contributed by atoms with Crippen LogP contribution < -0.4 is 5.73 Å². The van der Waals surface area contributed by atoms with Crippen LogP contribution in [0.5, 0.6) is 0 Å². The summed E-state index contributed by atoms with van der Waals surface area (Å²) >= 11 is 0. The first-order chi connectivity index (χ1) is 6.14. The minimum absolute atomic E-state index is 0.0359. The highest BCUT2D eigenvalue weighted by molar-refractivity contribution is 6.02. The molecule has 2 N–H and O–H groups in total. The van der Waals surface area contributed by atoms with E-state index in [1.807, 2.05) is 13.8 Å². The molecule has 13 heavy (non-hydrogen) atoms. The minimum Gasteiger partial charge on any atom is -0.472 e. The van der Waals surface area contributed by atoms with E-state index in [-0.39, 0.29) is 5.78 Å². The SMILES string of the molecule is CCC(N)(CC)C(=O)c1ccoc1. The Balaban J connectivity index is 2.89. The van der Waals surface area contributed by atoms with E-state index in [0.717, 1.165) is 0 Å². The molecule has 3 nitrogen and oxygen atoms in total. The predicted molar refractivity (Wildman–Crippen MR) is 50.5 cm³/mol. The van der Waals surface area contributed by atoms with Crippen molar-refractivity contribution in [2.75, 3.05) is 0 Å². The number of furan rings is 1. The molecule has 0 aromatic carbocycles. The number of carbonyl (C=O) groups excluding carboxylic acids is 1. The average molecular weight is 181 g/mol. The van der Waals surface area contributed by atoms with Crippen LogP contribution in [-0.4, -0.2) is 11.3 Å². The Morgan fingerprint density at radius 3 is 2.54 bits per heavy atom. The van der Waals surface area contributed by atoms with Crippen molar-refractivity contribution >= 4 is 5.78 Å². The van der Waals surface area contributed by atoms with Gasteiger partial charge in [-0.1, -0.05) is 13.8 Å². The predicted octanol–water partition coefficient (Wildman–Crippen LogP) is 1.98. The normalized spacial score (nSPS) is 11.6. The van der Waals surface area contributed by atoms with Crippen molar-refractivity contribution in [1.82, 2.24) is 0 Å². The fourth-order valence-corrected chi connectivity index (χ4v) is 1.25. The van der Waals surface area contributed by atoms with E-state index in [2.05, 4.69) is 0 Å². The highest BCUT2D eigenvalue weighted by atomic mass is 16.3. The molecule has 0 aliphatic rings. The van der Waals surface area contributed by atoms with Crippen LogP contribution in [0.4, 0.5) is 0 Å². The van der Waals surface area contributed by atoms with E-state index < -0.39 is 5.54 Å². The van der Waals surface area contributed by atoms with Gasteiger partial charge in [0.1, 0.15) is 6.26 Å². The second-order valence-electron chi connectivity index (χ2n) is 3.20. The van der Waals surface area contributed by atoms with Crippen molar-refractivity contribution in [2.45, 2.75) is 32.2 Å². The van der Waals surface area contributed by atoms with Gasteiger partial charge in [0.2, 0.25) is 0 Å². The Labute approximate surface area is 77.9 Å². The van der Waals surface area contributed by atoms with Crippen molar-refractivity contribution in [3.63, 3.8) is 0 Å². The molecule has 0 unspecified atom stereocenters. The number of ketones is 1. The first-order valence-electron chi connectivity index (χ1n) is 4.50. The van der Waals surface area contributed by atoms with E-state index >= 15 is 0 Å². The molecule has 1 aromatic heterocycles. The maximum atomic E-state index is 11.8. The third-order valence-corrected chi connectivity index (χ3v) is 2.50. The number of hydrogen-bond acceptors (Lipinski definition) is 3. The van der Waals surface area contributed by atoms with Gasteiger partial charge in [-0.15, -0.1) is 0 Å². The zero-order valence-electron chi connectivity index (χ0n) is 8.04. The summed E-state index contributed by atoms with van der Waals surface area (Å²) in [6, 6.07) is 1.65. The van der Waals surface area contributed by atoms with Crippen molar-refractivity contribution in [2.24, 2.45) is 5.73 Å². The Morgan fingerprint density at radius 1 is 1.54 bits per heavy atom. The van der Waals surface area contributed by atoms with Gasteiger partial charge in [0.05, 0.1) is 17.4 Å². The van der Waals surface area contributed by atoms with Crippen molar-refractivity contribution in [3.05, 3.63) is 24.2 Å². The zero-order valence-corrected chi connectivity index (χ0v) is 8.04. The first-order valence-corrected chi connectivity index (χ1v) is 4.50. The summed E-state index contributed by atoms with van der Waals surface area (Å²) in [5.41, 5.74) is 5.77. The molecule has 1 aromatic rings. The van der Waals surface area contributed by atoms with Gasteiger partial charge in [-0.3, -0.25) is 4.79 Å². The number of hydrogen-bond donors (Lipinski definition) is 1. The van der Waals surface area contributed by atoms with Crippen LogP contribution in [0.25, 0.3) is 0 Å². The van der Waals surface area contributed by atoms with Crippen molar-refractivity contribution < 1.29 is 9.21 Å². The molecule has 0 fully saturated rings. The molecule has 0 saturated heterocycles. The standard InChI is InChI=1S/C10H15NO2/c1-3-10(11,4-2)9(12)8-5-6-13-7-8/h5-7H,3-4,11H2,1-2H3. The molecule has 0 spiro atoms. The molecule has 0 atom stereocenters. The molecule has 1 rings (SSSR count). The van der Waals surface area contributed by atoms with Gasteiger partial charge in [0.15, 0.2) is 5.78 Å². The highest BCUT2D eigenvalue weighted by Crippen LogP contribution is 2.18. The van der Waals surface area contributed by atoms with Crippen molar-refractivity contribution in [1.29, 1.82) is 0 Å². The highest BCUT2D eigenvalue weighted by Gasteiger charge is 2.31. The largest absolute Gasteiger partial charge is 0.472 e. The number of carbonyl (C=O) groups is 1. The molecule has 1 heterocycles. The van der Waals surface area contributed by atoms with Crippen LogP contribution in [0, 0.1) is 0 Å². The second-order valence-corrected chi connectivity index (χ2v) is 3.20. The Kier molecular flexibility index (Phi) is 2.88. The molecule has 0 aliphatic heterocycles. The number of rotatable bonds is 4. The molecule has 0 aliphatic carbocycles. The topological polar surface area (TPSA) is 56.2 Å². The summed E-state index contributed by atoms with van der Waals surface area (Å²) in [6.07, 6.45) is 4.22. The maximum absolute atomic E-state index is 11.8. The fourth-order valence-electron chi connectivity index (χ4n) is 1.25. The summed E-state index contributed by atoms with van der Waals surface area (Å²) < 4.78 is 4.84. The van der Waals surface area contributed by atoms with Gasteiger partial charge in [-0.25, -0.2) is 0 Å². The molecule has 0 saturated carbocycles. The Morgan fingerprint density at radius 2 is 2.15 bits per heavy atom. The lowest BCUT2D eigenvalue weighted by Gasteiger charge is -2.23. The third kappa shape index (κ3) is 1.80. The summed E-state index contributed by atoms with van der Waals surface area (Å²) in [4.78, 5) is 11.8. The summed E-state index contributed by atoms with van der Waals surface area (Å²) in [5.74, 6) is -0.0359. The molecule has 72 valence electrons. The van der Waals surface area contributed by atoms with Crippen LogP contribution in [0.2, 0.25) is 0 Å². The smallest absolute Gasteiger partial charge is 0.185 e. The van der Waals surface area contributed by atoms with E-state index in [1.165, 1.54) is 12.5 Å². The summed E-state index contributed by atoms with van der Waals surface area (Å²) in [7, 11) is 0. The fraction of sp³-hybridized carbons (Fsp3) is 0.500. The molecular weight excluding hydrogens is 166 g/mol. The average Bonchev–Trinajstić information content (AvgIpc) is 2.68. The number of nitrogens with two attached hydrogens (primary N) is 1. The lowest BCUT2D eigenvalue weighted by molar-refractivity contribution is 0.0879. The van der Waals surface area contributed by atoms with Gasteiger partial charge >= 0.3 is 0 Å². The molecule has 0 radical (unpaired) electrons. The Hall–Kier alpha value is -1.09. The van der Waals surface area contributed by atoms with E-state index in [9.17, 15) is 4.79 Å². The Bertz CT molecular complexity index is 273. The van der Waals surface area contributed by atoms with Crippen LogP contribution in [0.3, 0.4) is 0 Å². The monoisotopic (exact) mass is 181 g/mol. The van der Waals surface area contributed by atoms with Crippen LogP contribution in [-0.2, 0) is 0 Å². The summed E-state index contributed by atoms with van der Waals surface area (Å²) in [5, 5.41) is 0. The number of Topliss-reactive ketones (excluding diaryl/α,β-unsaturated/α-hetero) is 1. The van der Waals surface area contributed by atoms with E-state index in [1.54, 1.807) is 6.07 Å². The third-order valence-electron chi connectivity index (χ3n) is 2.50. The quantitative estimate of drug-likeness (QED) is 0.722. The lowest BCUT2D eigenvalue weighted by atomic mass is 9.86. The van der Waals surface area contributed by atoms with Gasteiger partial charge in [-0.05, 0) is 18.9 Å². The van der Waals surface area contributed by atoms with Gasteiger partial charge in [0, 0.05) is 0 Å². The minimum atomic E-state index is -0.732. The second kappa shape index (κ2) is 3.75. The van der Waals surface area contributed by atoms with Crippen LogP contribution in [0.15, 0.2) is 23.0 Å². The van der Waals surface area contributed by atoms with Gasteiger partial charge in [0.25, 0.3) is 0 Å². The van der Waals surface area contributed by atoms with Gasteiger partial charge < -0.3 is 10.2 Å². The van der Waals surface area contributed by atoms with Crippen LogP contribution >= 0.6 is 0 Å². The maximum Gasteiger partial charge on any atom is 0.185 e.